The number of anilines is 1. The molecule has 3 amide bonds. The van der Waals surface area contributed by atoms with Crippen LogP contribution in [0.2, 0.25) is 0 Å². The van der Waals surface area contributed by atoms with Gasteiger partial charge in [0.05, 0.1) is 15.9 Å². The highest BCUT2D eigenvalue weighted by molar-refractivity contribution is 8.18. The van der Waals surface area contributed by atoms with Crippen LogP contribution in [0, 0.1) is 13.8 Å². The lowest BCUT2D eigenvalue weighted by atomic mass is 10.1. The number of carbonyl (C=O) groups excluding carboxylic acids is 3. The van der Waals surface area contributed by atoms with Crippen molar-refractivity contribution >= 4 is 51.6 Å². The fourth-order valence-corrected chi connectivity index (χ4v) is 4.57. The molecule has 0 aliphatic carbocycles. The van der Waals surface area contributed by atoms with Gasteiger partial charge < -0.3 is 5.32 Å². The maximum Gasteiger partial charge on any atom is 0.328 e. The highest BCUT2D eigenvalue weighted by Gasteiger charge is 2.36. The number of carbonyl (C=O) groups is 3. The smallest absolute Gasteiger partial charge is 0.324 e. The second-order valence-electron chi connectivity index (χ2n) is 7.73. The Balaban J connectivity index is 1.54. The molecule has 32 heavy (non-hydrogen) atoms. The topological polar surface area (TPSA) is 93.4 Å². The van der Waals surface area contributed by atoms with E-state index in [0.29, 0.717) is 11.3 Å². The molecule has 2 aromatic carbocycles. The number of aryl methyl sites for hydroxylation is 4. The number of rotatable bonds is 4. The van der Waals surface area contributed by atoms with Gasteiger partial charge in [0.2, 0.25) is 5.91 Å². The molecule has 1 aromatic heterocycles. The van der Waals surface area contributed by atoms with Crippen molar-refractivity contribution in [1.29, 1.82) is 0 Å². The summed E-state index contributed by atoms with van der Waals surface area (Å²) >= 11 is 0.794. The van der Waals surface area contributed by atoms with E-state index >= 15 is 0 Å². The van der Waals surface area contributed by atoms with Gasteiger partial charge in [0.25, 0.3) is 11.1 Å². The van der Waals surface area contributed by atoms with Crippen molar-refractivity contribution in [2.45, 2.75) is 13.8 Å². The van der Waals surface area contributed by atoms with E-state index in [2.05, 4.69) is 5.32 Å². The number of imidazole rings is 1. The molecule has 1 aliphatic rings. The second kappa shape index (κ2) is 8.16. The third-order valence-electron chi connectivity index (χ3n) is 5.51. The Bertz CT molecular complexity index is 1360. The third kappa shape index (κ3) is 3.75. The van der Waals surface area contributed by atoms with Gasteiger partial charge in [-0.2, -0.15) is 0 Å². The van der Waals surface area contributed by atoms with Crippen LogP contribution in [0.3, 0.4) is 0 Å². The zero-order valence-corrected chi connectivity index (χ0v) is 18.9. The minimum atomic E-state index is -0.515. The van der Waals surface area contributed by atoms with Gasteiger partial charge in [0.1, 0.15) is 6.54 Å². The van der Waals surface area contributed by atoms with Crippen LogP contribution in [0.5, 0.6) is 0 Å². The summed E-state index contributed by atoms with van der Waals surface area (Å²) in [6.07, 6.45) is 1.60. The molecule has 1 saturated heterocycles. The highest BCUT2D eigenvalue weighted by Crippen LogP contribution is 2.32. The summed E-state index contributed by atoms with van der Waals surface area (Å²) in [7, 11) is 3.37. The first-order valence-corrected chi connectivity index (χ1v) is 10.8. The van der Waals surface area contributed by atoms with Crippen LogP contribution in [-0.2, 0) is 23.7 Å². The lowest BCUT2D eigenvalue weighted by Gasteiger charge is -2.15. The second-order valence-corrected chi connectivity index (χ2v) is 8.72. The molecule has 4 rings (SSSR count). The maximum atomic E-state index is 12.8. The van der Waals surface area contributed by atoms with Crippen molar-refractivity contribution < 1.29 is 14.4 Å². The number of aromatic nitrogens is 2. The summed E-state index contributed by atoms with van der Waals surface area (Å²) in [6, 6.07) is 11.0. The fraction of sp³-hybridized carbons (Fsp3) is 0.217. The number of nitrogens with zero attached hydrogens (tertiary/aromatic N) is 3. The monoisotopic (exact) mass is 450 g/mol. The van der Waals surface area contributed by atoms with Crippen molar-refractivity contribution in [1.82, 2.24) is 14.0 Å². The minimum Gasteiger partial charge on any atom is -0.324 e. The first-order chi connectivity index (χ1) is 15.2. The van der Waals surface area contributed by atoms with Gasteiger partial charge >= 0.3 is 5.69 Å². The van der Waals surface area contributed by atoms with Gasteiger partial charge in [-0.1, -0.05) is 24.3 Å². The summed E-state index contributed by atoms with van der Waals surface area (Å²) < 4.78 is 3.07. The Hall–Kier alpha value is -3.59. The van der Waals surface area contributed by atoms with Crippen LogP contribution in [0.1, 0.15) is 16.7 Å². The number of fused-ring (bicyclic) bond motifs is 1. The molecule has 164 valence electrons. The molecular weight excluding hydrogens is 428 g/mol. The number of para-hydroxylation sites is 1. The molecule has 2 heterocycles. The van der Waals surface area contributed by atoms with Gasteiger partial charge in [-0.05, 0) is 60.5 Å². The summed E-state index contributed by atoms with van der Waals surface area (Å²) in [5, 5.41) is 2.30. The van der Waals surface area contributed by atoms with Gasteiger partial charge in [0, 0.05) is 19.8 Å². The van der Waals surface area contributed by atoms with Crippen LogP contribution < -0.4 is 11.0 Å². The number of thioether (sulfide) groups is 1. The van der Waals surface area contributed by atoms with E-state index in [4.69, 9.17) is 0 Å². The first kappa shape index (κ1) is 21.6. The third-order valence-corrected chi connectivity index (χ3v) is 6.42. The fourth-order valence-electron chi connectivity index (χ4n) is 3.74. The zero-order chi connectivity index (χ0) is 23.2. The number of hydrogen-bond donors (Lipinski definition) is 1. The summed E-state index contributed by atoms with van der Waals surface area (Å²) in [5.41, 5.74) is 4.51. The average Bonchev–Trinajstić information content (AvgIpc) is 3.13. The van der Waals surface area contributed by atoms with Crippen LogP contribution >= 0.6 is 11.8 Å². The predicted octanol–water partition coefficient (Wildman–Crippen LogP) is 3.17. The van der Waals surface area contributed by atoms with Gasteiger partial charge in [0.15, 0.2) is 0 Å². The quantitative estimate of drug-likeness (QED) is 0.617. The normalized spacial score (nSPS) is 15.2. The van der Waals surface area contributed by atoms with E-state index in [1.807, 2.05) is 32.0 Å². The molecule has 0 bridgehead atoms. The molecule has 0 saturated carbocycles. The van der Waals surface area contributed by atoms with Crippen molar-refractivity contribution in [2.75, 3.05) is 11.9 Å². The maximum absolute atomic E-state index is 12.8. The Morgan fingerprint density at radius 2 is 1.66 bits per heavy atom. The average molecular weight is 451 g/mol. The number of benzene rings is 2. The first-order valence-electron chi connectivity index (χ1n) is 9.94. The number of amides is 3. The van der Waals surface area contributed by atoms with Crippen molar-refractivity contribution in [3.63, 3.8) is 0 Å². The predicted molar refractivity (Wildman–Crippen MR) is 125 cm³/mol. The molecule has 9 heteroatoms. The van der Waals surface area contributed by atoms with Crippen LogP contribution in [-0.4, -0.2) is 37.6 Å². The van der Waals surface area contributed by atoms with Crippen molar-refractivity contribution in [3.05, 3.63) is 68.5 Å². The Labute approximate surface area is 188 Å². The Morgan fingerprint density at radius 1 is 1.00 bits per heavy atom. The van der Waals surface area contributed by atoms with Crippen LogP contribution in [0.25, 0.3) is 17.1 Å². The highest BCUT2D eigenvalue weighted by atomic mass is 32.2. The van der Waals surface area contributed by atoms with E-state index in [1.54, 1.807) is 42.9 Å². The van der Waals surface area contributed by atoms with E-state index < -0.39 is 17.1 Å². The van der Waals surface area contributed by atoms with Gasteiger partial charge in [-0.25, -0.2) is 4.79 Å². The molecular formula is C23H22N4O4S. The molecule has 1 fully saturated rings. The SMILES string of the molecule is Cc1cccc(C)c1NC(=O)CN1C(=O)S/C(=C/c2ccc3c(c2)n(C)c(=O)n3C)C1=O. The van der Waals surface area contributed by atoms with Gasteiger partial charge in [-0.3, -0.25) is 28.4 Å². The summed E-state index contributed by atoms with van der Waals surface area (Å²) in [6.45, 7) is 3.40. The number of nitrogens with one attached hydrogen (secondary N) is 1. The summed E-state index contributed by atoms with van der Waals surface area (Å²) in [4.78, 5) is 51.0. The molecule has 0 unspecified atom stereocenters. The Morgan fingerprint density at radius 3 is 2.34 bits per heavy atom. The molecule has 0 spiro atoms. The minimum absolute atomic E-state index is 0.146. The van der Waals surface area contributed by atoms with Crippen LogP contribution in [0.15, 0.2) is 46.1 Å². The lowest BCUT2D eigenvalue weighted by Crippen LogP contribution is -2.36. The van der Waals surface area contributed by atoms with Crippen molar-refractivity contribution in [2.24, 2.45) is 14.1 Å². The largest absolute Gasteiger partial charge is 0.328 e. The van der Waals surface area contributed by atoms with E-state index in [0.717, 1.165) is 38.8 Å². The number of imide groups is 1. The van der Waals surface area contributed by atoms with Crippen molar-refractivity contribution in [3.8, 4) is 0 Å². The molecule has 3 aromatic rings. The number of hydrogen-bond acceptors (Lipinski definition) is 5. The summed E-state index contributed by atoms with van der Waals surface area (Å²) in [5.74, 6) is -0.953. The molecule has 0 atom stereocenters. The standard InChI is InChI=1S/C23H22N4O4S/c1-13-6-5-7-14(2)20(13)24-19(28)12-27-21(29)18(32-23(27)31)11-15-8-9-16-17(10-15)26(4)22(30)25(16)3/h5-11H,12H2,1-4H3,(H,24,28)/b18-11+. The Kier molecular flexibility index (Phi) is 5.52. The van der Waals surface area contributed by atoms with Gasteiger partial charge in [-0.15, -0.1) is 0 Å². The van der Waals surface area contributed by atoms with E-state index in [1.165, 1.54) is 4.57 Å². The molecule has 1 N–H and O–H groups in total. The molecule has 1 aliphatic heterocycles. The van der Waals surface area contributed by atoms with Crippen LogP contribution in [0.4, 0.5) is 10.5 Å². The van der Waals surface area contributed by atoms with E-state index in [9.17, 15) is 19.2 Å². The lowest BCUT2D eigenvalue weighted by molar-refractivity contribution is -0.127. The molecule has 8 nitrogen and oxygen atoms in total. The zero-order valence-electron chi connectivity index (χ0n) is 18.1. The molecule has 0 radical (unpaired) electrons. The van der Waals surface area contributed by atoms with E-state index in [-0.39, 0.29) is 17.1 Å².